The highest BCUT2D eigenvalue weighted by Crippen LogP contribution is 2.25. The van der Waals surface area contributed by atoms with E-state index in [1.54, 1.807) is 0 Å². The van der Waals surface area contributed by atoms with E-state index in [1.807, 2.05) is 13.0 Å². The Bertz CT molecular complexity index is 291. The lowest BCUT2D eigenvalue weighted by molar-refractivity contribution is -0.108. The van der Waals surface area contributed by atoms with Gasteiger partial charge in [0.25, 0.3) is 0 Å². The van der Waals surface area contributed by atoms with Gasteiger partial charge in [-0.15, -0.1) is 0 Å². The summed E-state index contributed by atoms with van der Waals surface area (Å²) in [6.07, 6.45) is 2.46. The topological polar surface area (TPSA) is 43.1 Å². The Morgan fingerprint density at radius 2 is 2.29 bits per heavy atom. The zero-order valence-electron chi connectivity index (χ0n) is 8.99. The average Bonchev–Trinajstić information content (AvgIpc) is 2.50. The van der Waals surface area contributed by atoms with Crippen LogP contribution in [-0.2, 0) is 4.79 Å². The zero-order valence-corrected chi connectivity index (χ0v) is 8.99. The van der Waals surface area contributed by atoms with Crippen LogP contribution in [0.5, 0.6) is 0 Å². The number of hydrogen-bond acceptors (Lipinski definition) is 3. The molecule has 14 heavy (non-hydrogen) atoms. The van der Waals surface area contributed by atoms with E-state index in [4.69, 9.17) is 4.52 Å². The van der Waals surface area contributed by atoms with Crippen molar-refractivity contribution in [1.29, 1.82) is 0 Å². The van der Waals surface area contributed by atoms with Gasteiger partial charge in [0.1, 0.15) is 12.0 Å². The molecule has 1 aromatic heterocycles. The van der Waals surface area contributed by atoms with Gasteiger partial charge in [0.05, 0.1) is 5.69 Å². The molecule has 0 radical (unpaired) electrons. The molecule has 0 bridgehead atoms. The summed E-state index contributed by atoms with van der Waals surface area (Å²) >= 11 is 0. The minimum absolute atomic E-state index is 0.213. The first-order valence-electron chi connectivity index (χ1n) is 5.00. The average molecular weight is 195 g/mol. The molecule has 0 aromatic carbocycles. The maximum Gasteiger partial charge on any atom is 0.133 e. The molecule has 78 valence electrons. The second-order valence-electron chi connectivity index (χ2n) is 4.09. The van der Waals surface area contributed by atoms with Crippen LogP contribution in [0.3, 0.4) is 0 Å². The summed E-state index contributed by atoms with van der Waals surface area (Å²) in [5.74, 6) is 1.58. The fraction of sp³-hybridized carbons (Fsp3) is 0.636. The van der Waals surface area contributed by atoms with Gasteiger partial charge >= 0.3 is 0 Å². The van der Waals surface area contributed by atoms with Crippen molar-refractivity contribution in [3.63, 3.8) is 0 Å². The standard InChI is InChI=1S/C11H17NO2/c1-8(2)6-10(4-5-13)11-7-9(3)14-12-11/h5,7-8,10H,4,6H2,1-3H3. The van der Waals surface area contributed by atoms with Gasteiger partial charge in [-0.2, -0.15) is 0 Å². The minimum atomic E-state index is 0.213. The van der Waals surface area contributed by atoms with Crippen LogP contribution >= 0.6 is 0 Å². The Kier molecular flexibility index (Phi) is 3.86. The van der Waals surface area contributed by atoms with Gasteiger partial charge in [0.2, 0.25) is 0 Å². The lowest BCUT2D eigenvalue weighted by Crippen LogP contribution is -2.04. The van der Waals surface area contributed by atoms with E-state index in [1.165, 1.54) is 0 Å². The summed E-state index contributed by atoms with van der Waals surface area (Å²) in [4.78, 5) is 10.5. The molecule has 3 nitrogen and oxygen atoms in total. The van der Waals surface area contributed by atoms with E-state index in [9.17, 15) is 4.79 Å². The van der Waals surface area contributed by atoms with Crippen molar-refractivity contribution >= 4 is 6.29 Å². The Morgan fingerprint density at radius 1 is 1.57 bits per heavy atom. The predicted molar refractivity (Wildman–Crippen MR) is 54.1 cm³/mol. The molecule has 1 atom stereocenters. The zero-order chi connectivity index (χ0) is 10.6. The molecule has 0 amide bonds. The van der Waals surface area contributed by atoms with Crippen molar-refractivity contribution in [2.75, 3.05) is 0 Å². The van der Waals surface area contributed by atoms with Crippen LogP contribution in [0.25, 0.3) is 0 Å². The van der Waals surface area contributed by atoms with Crippen LogP contribution in [0.15, 0.2) is 10.6 Å². The smallest absolute Gasteiger partial charge is 0.133 e. The van der Waals surface area contributed by atoms with Crippen molar-refractivity contribution in [3.8, 4) is 0 Å². The number of aromatic nitrogens is 1. The molecule has 0 aliphatic heterocycles. The van der Waals surface area contributed by atoms with Crippen LogP contribution in [-0.4, -0.2) is 11.4 Å². The maximum atomic E-state index is 10.5. The van der Waals surface area contributed by atoms with E-state index in [0.717, 1.165) is 24.2 Å². The lowest BCUT2D eigenvalue weighted by Gasteiger charge is -2.12. The van der Waals surface area contributed by atoms with Crippen molar-refractivity contribution in [2.24, 2.45) is 5.92 Å². The first-order valence-corrected chi connectivity index (χ1v) is 5.00. The summed E-state index contributed by atoms with van der Waals surface area (Å²) in [5.41, 5.74) is 0.906. The molecule has 1 rings (SSSR count). The molecule has 0 spiro atoms. The summed E-state index contributed by atoms with van der Waals surface area (Å²) in [6.45, 7) is 6.15. The number of aldehydes is 1. The molecule has 0 N–H and O–H groups in total. The van der Waals surface area contributed by atoms with Crippen LogP contribution in [0, 0.1) is 12.8 Å². The second-order valence-corrected chi connectivity index (χ2v) is 4.09. The summed E-state index contributed by atoms with van der Waals surface area (Å²) < 4.78 is 5.01. The first kappa shape index (κ1) is 11.0. The summed E-state index contributed by atoms with van der Waals surface area (Å²) in [7, 11) is 0. The molecular formula is C11H17NO2. The van der Waals surface area contributed by atoms with Crippen molar-refractivity contribution in [3.05, 3.63) is 17.5 Å². The van der Waals surface area contributed by atoms with Crippen LogP contribution in [0.2, 0.25) is 0 Å². The number of hydrogen-bond donors (Lipinski definition) is 0. The number of nitrogens with zero attached hydrogens (tertiary/aromatic N) is 1. The second kappa shape index (κ2) is 4.94. The molecule has 0 aliphatic carbocycles. The third kappa shape index (κ3) is 2.98. The highest BCUT2D eigenvalue weighted by molar-refractivity contribution is 5.51. The SMILES string of the molecule is Cc1cc(C(CC=O)CC(C)C)no1. The quantitative estimate of drug-likeness (QED) is 0.678. The van der Waals surface area contributed by atoms with Crippen molar-refractivity contribution in [1.82, 2.24) is 5.16 Å². The van der Waals surface area contributed by atoms with E-state index in [0.29, 0.717) is 12.3 Å². The number of carbonyl (C=O) groups is 1. The van der Waals surface area contributed by atoms with Gasteiger partial charge in [-0.1, -0.05) is 19.0 Å². The Labute approximate surface area is 84.5 Å². The van der Waals surface area contributed by atoms with Crippen LogP contribution in [0.1, 0.15) is 44.1 Å². The van der Waals surface area contributed by atoms with Gasteiger partial charge < -0.3 is 9.32 Å². The minimum Gasteiger partial charge on any atom is -0.361 e. The normalized spacial score (nSPS) is 13.1. The molecule has 0 aliphatic rings. The highest BCUT2D eigenvalue weighted by atomic mass is 16.5. The maximum absolute atomic E-state index is 10.5. The fourth-order valence-corrected chi connectivity index (χ4v) is 1.60. The first-order chi connectivity index (χ1) is 6.63. The van der Waals surface area contributed by atoms with Gasteiger partial charge in [0.15, 0.2) is 0 Å². The van der Waals surface area contributed by atoms with E-state index in [2.05, 4.69) is 19.0 Å². The number of carbonyl (C=O) groups excluding carboxylic acids is 1. The number of aryl methyl sites for hydroxylation is 1. The van der Waals surface area contributed by atoms with E-state index >= 15 is 0 Å². The molecule has 0 saturated heterocycles. The van der Waals surface area contributed by atoms with Crippen LogP contribution < -0.4 is 0 Å². The van der Waals surface area contributed by atoms with Gasteiger partial charge in [-0.3, -0.25) is 0 Å². The van der Waals surface area contributed by atoms with Gasteiger partial charge in [-0.25, -0.2) is 0 Å². The van der Waals surface area contributed by atoms with Crippen molar-refractivity contribution < 1.29 is 9.32 Å². The van der Waals surface area contributed by atoms with Crippen LogP contribution in [0.4, 0.5) is 0 Å². The largest absolute Gasteiger partial charge is 0.361 e. The van der Waals surface area contributed by atoms with Crippen molar-refractivity contribution in [2.45, 2.75) is 39.5 Å². The summed E-state index contributed by atoms with van der Waals surface area (Å²) in [6, 6.07) is 1.91. The van der Waals surface area contributed by atoms with E-state index < -0.39 is 0 Å². The van der Waals surface area contributed by atoms with Gasteiger partial charge in [-0.05, 0) is 19.3 Å². The molecule has 0 saturated carbocycles. The fourth-order valence-electron chi connectivity index (χ4n) is 1.60. The molecule has 1 heterocycles. The predicted octanol–water partition coefficient (Wildman–Crippen LogP) is 2.70. The summed E-state index contributed by atoms with van der Waals surface area (Å²) in [5, 5.41) is 3.95. The third-order valence-corrected chi connectivity index (χ3v) is 2.20. The molecule has 3 heteroatoms. The molecule has 1 unspecified atom stereocenters. The Hall–Kier alpha value is -1.12. The van der Waals surface area contributed by atoms with E-state index in [-0.39, 0.29) is 5.92 Å². The van der Waals surface area contributed by atoms with Gasteiger partial charge in [0, 0.05) is 18.4 Å². The lowest BCUT2D eigenvalue weighted by atomic mass is 9.92. The monoisotopic (exact) mass is 195 g/mol. The third-order valence-electron chi connectivity index (χ3n) is 2.20. The molecular weight excluding hydrogens is 178 g/mol. The molecule has 1 aromatic rings. The Morgan fingerprint density at radius 3 is 2.71 bits per heavy atom. The highest BCUT2D eigenvalue weighted by Gasteiger charge is 2.16. The Balaban J connectivity index is 2.71. The molecule has 0 fully saturated rings. The number of rotatable bonds is 5.